The van der Waals surface area contributed by atoms with Crippen LogP contribution in [0.2, 0.25) is 5.02 Å². The van der Waals surface area contributed by atoms with Gasteiger partial charge in [-0.15, -0.1) is 0 Å². The van der Waals surface area contributed by atoms with Crippen LogP contribution in [0.1, 0.15) is 16.1 Å². The minimum Gasteiger partial charge on any atom is -0.478 e. The van der Waals surface area contributed by atoms with Gasteiger partial charge >= 0.3 is 12.0 Å². The summed E-state index contributed by atoms with van der Waals surface area (Å²) < 4.78 is 4.61. The van der Waals surface area contributed by atoms with Crippen LogP contribution in [0.25, 0.3) is 0 Å². The van der Waals surface area contributed by atoms with Crippen molar-refractivity contribution in [3.05, 3.63) is 46.8 Å². The summed E-state index contributed by atoms with van der Waals surface area (Å²) in [5.41, 5.74) is 0.614. The molecule has 2 aromatic rings. The summed E-state index contributed by atoms with van der Waals surface area (Å²) in [4.78, 5) is 22.7. The van der Waals surface area contributed by atoms with Gasteiger partial charge < -0.3 is 20.3 Å². The van der Waals surface area contributed by atoms with E-state index >= 15 is 0 Å². The van der Waals surface area contributed by atoms with Crippen LogP contribution in [0.4, 0.5) is 10.5 Å². The minimum absolute atomic E-state index is 0.0888. The number of nitrogens with zero attached hydrogens (tertiary/aromatic N) is 1. The van der Waals surface area contributed by atoms with E-state index in [1.807, 2.05) is 0 Å². The van der Waals surface area contributed by atoms with E-state index in [2.05, 4.69) is 20.3 Å². The van der Waals surface area contributed by atoms with Crippen LogP contribution in [-0.4, -0.2) is 22.3 Å². The molecule has 0 saturated heterocycles. The number of anilines is 1. The Balaban J connectivity index is 2.02. The van der Waals surface area contributed by atoms with Crippen molar-refractivity contribution in [2.45, 2.75) is 6.54 Å². The number of carboxylic acids is 1. The van der Waals surface area contributed by atoms with Gasteiger partial charge in [-0.25, -0.2) is 9.59 Å². The van der Waals surface area contributed by atoms with Gasteiger partial charge in [0.05, 0.1) is 17.8 Å². The van der Waals surface area contributed by atoms with Crippen LogP contribution >= 0.6 is 11.6 Å². The summed E-state index contributed by atoms with van der Waals surface area (Å²) in [5, 5.41) is 17.9. The molecular formula is C12H10ClN3O4. The first-order chi connectivity index (χ1) is 9.56. The van der Waals surface area contributed by atoms with Crippen molar-refractivity contribution in [2.24, 2.45) is 0 Å². The molecule has 0 aliphatic carbocycles. The molecule has 8 heteroatoms. The highest BCUT2D eigenvalue weighted by molar-refractivity contribution is 6.31. The molecule has 3 N–H and O–H groups in total. The summed E-state index contributed by atoms with van der Waals surface area (Å²) in [6, 6.07) is 5.21. The third-order valence-electron chi connectivity index (χ3n) is 2.38. The number of aromatic carboxylic acids is 1. The summed E-state index contributed by atoms with van der Waals surface area (Å²) in [7, 11) is 0. The summed E-state index contributed by atoms with van der Waals surface area (Å²) in [6.07, 6.45) is 1.39. The number of nitrogens with one attached hydrogen (secondary N) is 2. The monoisotopic (exact) mass is 295 g/mol. The molecule has 20 heavy (non-hydrogen) atoms. The maximum Gasteiger partial charge on any atom is 0.337 e. The average molecular weight is 296 g/mol. The van der Waals surface area contributed by atoms with Crippen LogP contribution in [-0.2, 0) is 6.54 Å². The zero-order valence-electron chi connectivity index (χ0n) is 10.1. The molecule has 2 rings (SSSR count). The van der Waals surface area contributed by atoms with E-state index in [4.69, 9.17) is 16.7 Å². The first-order valence-electron chi connectivity index (χ1n) is 5.53. The smallest absolute Gasteiger partial charge is 0.337 e. The van der Waals surface area contributed by atoms with Crippen LogP contribution in [0, 0.1) is 0 Å². The molecule has 1 aromatic heterocycles. The zero-order valence-corrected chi connectivity index (χ0v) is 10.8. The molecule has 1 heterocycles. The lowest BCUT2D eigenvalue weighted by atomic mass is 10.2. The fraction of sp³-hybridized carbons (Fsp3) is 0.0833. The highest BCUT2D eigenvalue weighted by Gasteiger charge is 2.13. The molecular weight excluding hydrogens is 286 g/mol. The number of urea groups is 1. The highest BCUT2D eigenvalue weighted by atomic mass is 35.5. The van der Waals surface area contributed by atoms with Crippen LogP contribution < -0.4 is 10.6 Å². The average Bonchev–Trinajstić information content (AvgIpc) is 2.91. The van der Waals surface area contributed by atoms with Crippen molar-refractivity contribution < 1.29 is 19.2 Å². The molecule has 0 atom stereocenters. The Morgan fingerprint density at radius 1 is 1.35 bits per heavy atom. The van der Waals surface area contributed by atoms with Gasteiger partial charge in [-0.3, -0.25) is 0 Å². The summed E-state index contributed by atoms with van der Waals surface area (Å²) in [6.45, 7) is 0.165. The number of amides is 2. The molecule has 0 fully saturated rings. The number of hydrogen-bond donors (Lipinski definition) is 3. The molecule has 0 aliphatic heterocycles. The third kappa shape index (κ3) is 3.48. The van der Waals surface area contributed by atoms with Crippen molar-refractivity contribution in [1.82, 2.24) is 10.5 Å². The Morgan fingerprint density at radius 3 is 2.80 bits per heavy atom. The molecule has 1 aromatic carbocycles. The molecule has 0 saturated carbocycles. The predicted octanol–water partition coefficient (Wildman–Crippen LogP) is 2.35. The van der Waals surface area contributed by atoms with Crippen molar-refractivity contribution in [1.29, 1.82) is 0 Å². The highest BCUT2D eigenvalue weighted by Crippen LogP contribution is 2.20. The maximum atomic E-state index is 11.7. The van der Waals surface area contributed by atoms with Gasteiger partial charge in [-0.05, 0) is 18.2 Å². The Kier molecular flexibility index (Phi) is 4.21. The largest absolute Gasteiger partial charge is 0.478 e. The third-order valence-corrected chi connectivity index (χ3v) is 2.62. The fourth-order valence-corrected chi connectivity index (χ4v) is 1.64. The van der Waals surface area contributed by atoms with Crippen molar-refractivity contribution >= 4 is 29.3 Å². The van der Waals surface area contributed by atoms with E-state index in [1.165, 1.54) is 24.5 Å². The second kappa shape index (κ2) is 6.07. The molecule has 104 valence electrons. The quantitative estimate of drug-likeness (QED) is 0.803. The molecule has 7 nitrogen and oxygen atoms in total. The van der Waals surface area contributed by atoms with E-state index in [0.717, 1.165) is 0 Å². The first-order valence-corrected chi connectivity index (χ1v) is 5.91. The van der Waals surface area contributed by atoms with E-state index in [9.17, 15) is 9.59 Å². The Morgan fingerprint density at radius 2 is 2.15 bits per heavy atom. The molecule has 0 spiro atoms. The second-order valence-electron chi connectivity index (χ2n) is 3.79. The molecule has 0 bridgehead atoms. The maximum absolute atomic E-state index is 11.7. The van der Waals surface area contributed by atoms with Gasteiger partial charge in [-0.1, -0.05) is 16.8 Å². The second-order valence-corrected chi connectivity index (χ2v) is 4.23. The van der Waals surface area contributed by atoms with E-state index in [0.29, 0.717) is 5.69 Å². The Labute approximate surface area is 118 Å². The number of benzene rings is 1. The molecule has 2 amide bonds. The first kappa shape index (κ1) is 13.9. The van der Waals surface area contributed by atoms with Gasteiger partial charge in [-0.2, -0.15) is 0 Å². The number of halogens is 1. The Hall–Kier alpha value is -2.54. The number of aromatic nitrogens is 1. The standard InChI is InChI=1S/C12H10ClN3O4/c13-7-1-2-10(9(5-7)11(17)18)15-12(19)14-6-8-3-4-20-16-8/h1-5H,6H2,(H,17,18)(H2,14,15,19). The van der Waals surface area contributed by atoms with E-state index in [1.54, 1.807) is 6.07 Å². The van der Waals surface area contributed by atoms with E-state index < -0.39 is 12.0 Å². The number of hydrogen-bond acceptors (Lipinski definition) is 4. The summed E-state index contributed by atoms with van der Waals surface area (Å²) in [5.74, 6) is -1.18. The van der Waals surface area contributed by atoms with Crippen LogP contribution in [0.15, 0.2) is 35.1 Å². The Bertz CT molecular complexity index is 628. The lowest BCUT2D eigenvalue weighted by Crippen LogP contribution is -2.29. The molecule has 0 aliphatic rings. The van der Waals surface area contributed by atoms with Crippen molar-refractivity contribution in [3.8, 4) is 0 Å². The number of carbonyl (C=O) groups is 2. The predicted molar refractivity (Wildman–Crippen MR) is 70.8 cm³/mol. The van der Waals surface area contributed by atoms with Gasteiger partial charge in [0.1, 0.15) is 12.0 Å². The fourth-order valence-electron chi connectivity index (χ4n) is 1.47. The van der Waals surface area contributed by atoms with Crippen LogP contribution in [0.3, 0.4) is 0 Å². The normalized spacial score (nSPS) is 10.1. The zero-order chi connectivity index (χ0) is 14.5. The number of carboxylic acid groups (broad SMARTS) is 1. The van der Waals surface area contributed by atoms with Crippen molar-refractivity contribution in [3.63, 3.8) is 0 Å². The van der Waals surface area contributed by atoms with Crippen LogP contribution in [0.5, 0.6) is 0 Å². The molecule has 0 unspecified atom stereocenters. The SMILES string of the molecule is O=C(NCc1ccon1)Nc1ccc(Cl)cc1C(=O)O. The number of carbonyl (C=O) groups excluding carboxylic acids is 1. The molecule has 0 radical (unpaired) electrons. The number of rotatable bonds is 4. The van der Waals surface area contributed by atoms with E-state index in [-0.39, 0.29) is 22.8 Å². The topological polar surface area (TPSA) is 104 Å². The van der Waals surface area contributed by atoms with Crippen molar-refractivity contribution in [2.75, 3.05) is 5.32 Å². The van der Waals surface area contributed by atoms with Gasteiger partial charge in [0.2, 0.25) is 0 Å². The van der Waals surface area contributed by atoms with Gasteiger partial charge in [0, 0.05) is 11.1 Å². The lowest BCUT2D eigenvalue weighted by Gasteiger charge is -2.09. The van der Waals surface area contributed by atoms with Gasteiger partial charge in [0.25, 0.3) is 0 Å². The minimum atomic E-state index is -1.18. The summed E-state index contributed by atoms with van der Waals surface area (Å²) >= 11 is 5.72. The van der Waals surface area contributed by atoms with Gasteiger partial charge in [0.15, 0.2) is 0 Å². The lowest BCUT2D eigenvalue weighted by molar-refractivity contribution is 0.0698.